The van der Waals surface area contributed by atoms with Crippen LogP contribution in [-0.4, -0.2) is 38.5 Å². The molecule has 33 heavy (non-hydrogen) atoms. The molecule has 2 aromatic carbocycles. The molecule has 0 unspecified atom stereocenters. The van der Waals surface area contributed by atoms with Crippen LogP contribution in [0.2, 0.25) is 0 Å². The van der Waals surface area contributed by atoms with Gasteiger partial charge >= 0.3 is 0 Å². The highest BCUT2D eigenvalue weighted by atomic mass is 32.2. The molecular weight excluding hydrogens is 445 g/mol. The summed E-state index contributed by atoms with van der Waals surface area (Å²) in [5, 5.41) is 0. The van der Waals surface area contributed by atoms with E-state index in [1.54, 1.807) is 13.1 Å². The maximum Gasteiger partial charge on any atom is 0.268 e. The summed E-state index contributed by atoms with van der Waals surface area (Å²) in [6.45, 7) is 2.09. The Bertz CT molecular complexity index is 1350. The largest absolute Gasteiger partial charge is 0.480 e. The predicted molar refractivity (Wildman–Crippen MR) is 121 cm³/mol. The summed E-state index contributed by atoms with van der Waals surface area (Å²) in [5.74, 6) is -0.458. The Hall–Kier alpha value is -3.30. The number of rotatable bonds is 5. The van der Waals surface area contributed by atoms with Crippen LogP contribution in [0.5, 0.6) is 5.75 Å². The molecule has 9 heteroatoms. The smallest absolute Gasteiger partial charge is 0.268 e. The maximum atomic E-state index is 14.5. The Balaban J connectivity index is 1.40. The van der Waals surface area contributed by atoms with Crippen LogP contribution < -0.4 is 14.4 Å². The lowest BCUT2D eigenvalue weighted by molar-refractivity contribution is -0.124. The molecule has 1 amide bonds. The van der Waals surface area contributed by atoms with E-state index in [1.165, 1.54) is 17.0 Å². The van der Waals surface area contributed by atoms with Crippen LogP contribution in [0.4, 0.5) is 10.1 Å². The van der Waals surface area contributed by atoms with Gasteiger partial charge in [0.15, 0.2) is 6.10 Å². The highest BCUT2D eigenvalue weighted by Crippen LogP contribution is 2.36. The molecule has 2 aliphatic rings. The monoisotopic (exact) mass is 467 g/mol. The van der Waals surface area contributed by atoms with Crippen molar-refractivity contribution in [2.24, 2.45) is 0 Å². The molecule has 5 rings (SSSR count). The van der Waals surface area contributed by atoms with Gasteiger partial charge in [-0.3, -0.25) is 9.78 Å². The number of hydrogen-bond acceptors (Lipinski definition) is 5. The fraction of sp³-hybridized carbons (Fsp3) is 0.250. The number of carbonyl (C=O) groups excluding carboxylic acids is 1. The molecule has 0 saturated heterocycles. The molecule has 0 aliphatic carbocycles. The van der Waals surface area contributed by atoms with Crippen molar-refractivity contribution in [2.75, 3.05) is 18.0 Å². The van der Waals surface area contributed by atoms with Gasteiger partial charge in [-0.05, 0) is 60.0 Å². The van der Waals surface area contributed by atoms with E-state index >= 15 is 0 Å². The third-order valence-corrected chi connectivity index (χ3v) is 7.45. The van der Waals surface area contributed by atoms with Gasteiger partial charge < -0.3 is 9.64 Å². The molecule has 0 saturated carbocycles. The minimum Gasteiger partial charge on any atom is -0.480 e. The summed E-state index contributed by atoms with van der Waals surface area (Å²) in [7, 11) is -4.01. The number of benzene rings is 2. The number of hydrogen-bond donors (Lipinski definition) is 1. The van der Waals surface area contributed by atoms with E-state index in [1.807, 2.05) is 36.4 Å². The number of aromatic nitrogens is 1. The Morgan fingerprint density at radius 3 is 2.82 bits per heavy atom. The van der Waals surface area contributed by atoms with E-state index in [0.717, 1.165) is 16.8 Å². The van der Waals surface area contributed by atoms with E-state index in [4.69, 9.17) is 4.74 Å². The Kier molecular flexibility index (Phi) is 5.38. The summed E-state index contributed by atoms with van der Waals surface area (Å²) in [5.41, 5.74) is 3.69. The summed E-state index contributed by atoms with van der Waals surface area (Å²) in [4.78, 5) is 18.7. The van der Waals surface area contributed by atoms with Crippen LogP contribution in [0.25, 0.3) is 11.3 Å². The van der Waals surface area contributed by atoms with Gasteiger partial charge in [0.2, 0.25) is 10.0 Å². The average Bonchev–Trinajstić information content (AvgIpc) is 3.42. The highest BCUT2D eigenvalue weighted by molar-refractivity contribution is 7.89. The van der Waals surface area contributed by atoms with Crippen molar-refractivity contribution in [1.29, 1.82) is 0 Å². The first-order valence-corrected chi connectivity index (χ1v) is 12.2. The second-order valence-electron chi connectivity index (χ2n) is 8.00. The first-order chi connectivity index (χ1) is 15.9. The van der Waals surface area contributed by atoms with Crippen molar-refractivity contribution in [1.82, 2.24) is 9.71 Å². The van der Waals surface area contributed by atoms with Crippen LogP contribution >= 0.6 is 0 Å². The fourth-order valence-electron chi connectivity index (χ4n) is 4.34. The van der Waals surface area contributed by atoms with Gasteiger partial charge in [-0.25, -0.2) is 17.5 Å². The molecule has 3 heterocycles. The lowest BCUT2D eigenvalue weighted by Crippen LogP contribution is -2.40. The van der Waals surface area contributed by atoms with Crippen LogP contribution in [0, 0.1) is 5.82 Å². The van der Waals surface area contributed by atoms with E-state index < -0.39 is 26.8 Å². The number of pyridine rings is 1. The van der Waals surface area contributed by atoms with Gasteiger partial charge in [0, 0.05) is 37.0 Å². The van der Waals surface area contributed by atoms with Gasteiger partial charge in [-0.1, -0.05) is 13.0 Å². The van der Waals surface area contributed by atoms with Crippen LogP contribution in [-0.2, 0) is 27.7 Å². The molecule has 0 radical (unpaired) electrons. The summed E-state index contributed by atoms with van der Waals surface area (Å²) in [6, 6.07) is 13.8. The zero-order valence-corrected chi connectivity index (χ0v) is 18.7. The molecule has 1 atom stereocenters. The summed E-state index contributed by atoms with van der Waals surface area (Å²) < 4.78 is 47.5. The number of nitrogens with one attached hydrogen (secondary N) is 1. The molecule has 3 aromatic rings. The van der Waals surface area contributed by atoms with Crippen molar-refractivity contribution in [3.63, 3.8) is 0 Å². The molecule has 1 N–H and O–H groups in total. The van der Waals surface area contributed by atoms with Crippen molar-refractivity contribution >= 4 is 21.6 Å². The van der Waals surface area contributed by atoms with Crippen molar-refractivity contribution < 1.29 is 22.3 Å². The Morgan fingerprint density at radius 1 is 1.21 bits per heavy atom. The second kappa shape index (κ2) is 8.24. The van der Waals surface area contributed by atoms with E-state index in [-0.39, 0.29) is 12.5 Å². The van der Waals surface area contributed by atoms with E-state index in [0.29, 0.717) is 36.4 Å². The van der Waals surface area contributed by atoms with Crippen molar-refractivity contribution in [3.8, 4) is 17.0 Å². The van der Waals surface area contributed by atoms with E-state index in [2.05, 4.69) is 9.71 Å². The van der Waals surface area contributed by atoms with Gasteiger partial charge in [0.05, 0.1) is 5.69 Å². The quantitative estimate of drug-likeness (QED) is 0.623. The number of ether oxygens (including phenoxy) is 1. The van der Waals surface area contributed by atoms with E-state index in [9.17, 15) is 17.6 Å². The molecule has 0 bridgehead atoms. The minimum absolute atomic E-state index is 0.135. The lowest BCUT2D eigenvalue weighted by Gasteiger charge is -2.21. The zero-order chi connectivity index (χ0) is 23.2. The molecular formula is C24H22FN3O4S. The molecule has 7 nitrogen and oxygen atoms in total. The zero-order valence-electron chi connectivity index (χ0n) is 17.9. The number of nitrogens with zero attached hydrogens (tertiary/aromatic N) is 2. The lowest BCUT2D eigenvalue weighted by atomic mass is 10.0. The van der Waals surface area contributed by atoms with Gasteiger partial charge in [0.1, 0.15) is 16.5 Å². The standard InChI is InChI=1S/C24H22FN3O4S/c1-2-27-33(30,31)23-14-20-16(12-18(23)25)8-10-28(20)24(29)22-13-17-11-15(6-7-21(17)32-22)19-5-3-4-9-26-19/h3-7,9,11-12,14,22,27H,2,8,10,13H2,1H3/t22-/m1/s1. The molecule has 0 spiro atoms. The predicted octanol–water partition coefficient (Wildman–Crippen LogP) is 3.08. The number of anilines is 1. The van der Waals surface area contributed by atoms with Crippen LogP contribution in [0.1, 0.15) is 18.1 Å². The number of amides is 1. The number of fused-ring (bicyclic) bond motifs is 2. The first-order valence-electron chi connectivity index (χ1n) is 10.7. The van der Waals surface area contributed by atoms with Gasteiger partial charge in [0.25, 0.3) is 5.91 Å². The van der Waals surface area contributed by atoms with Crippen molar-refractivity contribution in [2.45, 2.75) is 30.8 Å². The Labute approximate surface area is 191 Å². The summed E-state index contributed by atoms with van der Waals surface area (Å²) >= 11 is 0. The third kappa shape index (κ3) is 3.87. The Morgan fingerprint density at radius 2 is 2.06 bits per heavy atom. The number of carbonyl (C=O) groups is 1. The number of sulfonamides is 1. The van der Waals surface area contributed by atoms with Gasteiger partial charge in [-0.15, -0.1) is 0 Å². The first kappa shape index (κ1) is 21.5. The molecule has 2 aliphatic heterocycles. The summed E-state index contributed by atoms with van der Waals surface area (Å²) in [6.07, 6.45) is 1.83. The molecule has 0 fully saturated rings. The van der Waals surface area contributed by atoms with Gasteiger partial charge in [-0.2, -0.15) is 0 Å². The molecule has 1 aromatic heterocycles. The maximum absolute atomic E-state index is 14.5. The SMILES string of the molecule is CCNS(=O)(=O)c1cc2c(cc1F)CCN2C(=O)[C@H]1Cc2cc(-c3ccccn3)ccc2O1. The topological polar surface area (TPSA) is 88.6 Å². The normalized spacial score (nSPS) is 16.9. The van der Waals surface area contributed by atoms with Crippen LogP contribution in [0.3, 0.4) is 0 Å². The average molecular weight is 468 g/mol. The molecule has 170 valence electrons. The number of halogens is 1. The third-order valence-electron chi connectivity index (χ3n) is 5.89. The van der Waals surface area contributed by atoms with Crippen LogP contribution in [0.15, 0.2) is 59.6 Å². The second-order valence-corrected chi connectivity index (χ2v) is 9.74. The fourth-order valence-corrected chi connectivity index (χ4v) is 5.46. The van der Waals surface area contributed by atoms with Crippen molar-refractivity contribution in [3.05, 3.63) is 71.7 Å². The highest BCUT2D eigenvalue weighted by Gasteiger charge is 2.37. The minimum atomic E-state index is -4.01.